The monoisotopic (exact) mass is 290 g/mol. The van der Waals surface area contributed by atoms with Crippen LogP contribution in [0.2, 0.25) is 0 Å². The minimum Gasteiger partial charge on any atom is -0.465 e. The zero-order valence-electron chi connectivity index (χ0n) is 12.0. The Labute approximate surface area is 120 Å². The highest BCUT2D eigenvalue weighted by molar-refractivity contribution is 7.99. The lowest BCUT2D eigenvalue weighted by atomic mass is 10.2. The van der Waals surface area contributed by atoms with E-state index in [1.54, 1.807) is 18.7 Å². The first-order chi connectivity index (χ1) is 9.17. The summed E-state index contributed by atoms with van der Waals surface area (Å²) in [5, 5.41) is 0. The van der Waals surface area contributed by atoms with Crippen molar-refractivity contribution in [1.29, 1.82) is 0 Å². The molecule has 1 saturated heterocycles. The minimum absolute atomic E-state index is 0.297. The van der Waals surface area contributed by atoms with E-state index in [1.165, 1.54) is 0 Å². The predicted molar refractivity (Wildman–Crippen MR) is 78.4 cm³/mol. The van der Waals surface area contributed by atoms with E-state index in [-0.39, 0.29) is 5.97 Å². The summed E-state index contributed by atoms with van der Waals surface area (Å²) in [6, 6.07) is -0.494. The first kappa shape index (κ1) is 16.8. The number of nitrogens with two attached hydrogens (primary N) is 1. The Balaban J connectivity index is 2.08. The van der Waals surface area contributed by atoms with Crippen LogP contribution < -0.4 is 5.73 Å². The topological polar surface area (TPSA) is 64.8 Å². The van der Waals surface area contributed by atoms with Crippen LogP contribution >= 0.6 is 11.8 Å². The van der Waals surface area contributed by atoms with Crippen molar-refractivity contribution < 1.29 is 14.3 Å². The second-order valence-electron chi connectivity index (χ2n) is 4.61. The van der Waals surface area contributed by atoms with Crippen molar-refractivity contribution in [3.8, 4) is 0 Å². The Morgan fingerprint density at radius 1 is 1.58 bits per heavy atom. The zero-order valence-corrected chi connectivity index (χ0v) is 12.8. The molecule has 0 aromatic heterocycles. The molecule has 6 heteroatoms. The maximum Gasteiger partial charge on any atom is 0.322 e. The first-order valence-electron chi connectivity index (χ1n) is 7.01. The summed E-state index contributed by atoms with van der Waals surface area (Å²) in [6.45, 7) is 8.30. The molecular formula is C13H26N2O3S. The van der Waals surface area contributed by atoms with Crippen LogP contribution in [0, 0.1) is 0 Å². The van der Waals surface area contributed by atoms with Gasteiger partial charge in [0.25, 0.3) is 0 Å². The predicted octanol–water partition coefficient (Wildman–Crippen LogP) is 0.721. The summed E-state index contributed by atoms with van der Waals surface area (Å²) < 4.78 is 10.6. The lowest BCUT2D eigenvalue weighted by Crippen LogP contribution is -2.43. The van der Waals surface area contributed by atoms with E-state index in [0.717, 1.165) is 37.7 Å². The molecule has 0 bridgehead atoms. The summed E-state index contributed by atoms with van der Waals surface area (Å²) in [5.74, 6) is 1.53. The molecule has 19 heavy (non-hydrogen) atoms. The largest absolute Gasteiger partial charge is 0.465 e. The molecule has 0 radical (unpaired) electrons. The average molecular weight is 290 g/mol. The number of nitrogens with zero attached hydrogens (tertiary/aromatic N) is 1. The highest BCUT2D eigenvalue weighted by Crippen LogP contribution is 2.13. The molecule has 2 N–H and O–H groups in total. The van der Waals surface area contributed by atoms with Gasteiger partial charge in [-0.15, -0.1) is 0 Å². The molecule has 0 saturated carbocycles. The fraction of sp³-hybridized carbons (Fsp3) is 0.923. The lowest BCUT2D eigenvalue weighted by Gasteiger charge is -2.31. The molecule has 0 aliphatic carbocycles. The van der Waals surface area contributed by atoms with Crippen molar-refractivity contribution in [3.05, 3.63) is 0 Å². The SMILES string of the molecule is CCOC(=O)C(N)CCSCC1CN(CC)CCO1. The number of esters is 1. The van der Waals surface area contributed by atoms with Crippen LogP contribution in [0.1, 0.15) is 20.3 Å². The van der Waals surface area contributed by atoms with Crippen molar-refractivity contribution in [2.75, 3.05) is 44.4 Å². The van der Waals surface area contributed by atoms with E-state index in [1.807, 2.05) is 0 Å². The van der Waals surface area contributed by atoms with E-state index in [0.29, 0.717) is 19.1 Å². The maximum atomic E-state index is 11.3. The smallest absolute Gasteiger partial charge is 0.322 e. The summed E-state index contributed by atoms with van der Waals surface area (Å²) >= 11 is 1.80. The third kappa shape index (κ3) is 6.61. The van der Waals surface area contributed by atoms with Crippen molar-refractivity contribution in [1.82, 2.24) is 4.90 Å². The van der Waals surface area contributed by atoms with Gasteiger partial charge in [0.15, 0.2) is 0 Å². The highest BCUT2D eigenvalue weighted by Gasteiger charge is 2.19. The van der Waals surface area contributed by atoms with Gasteiger partial charge in [0.2, 0.25) is 0 Å². The van der Waals surface area contributed by atoms with Crippen LogP contribution in [0.3, 0.4) is 0 Å². The minimum atomic E-state index is -0.494. The van der Waals surface area contributed by atoms with E-state index in [4.69, 9.17) is 15.2 Å². The normalized spacial score (nSPS) is 22.2. The van der Waals surface area contributed by atoms with Gasteiger partial charge in [-0.05, 0) is 25.6 Å². The number of likely N-dealkylation sites (N-methyl/N-ethyl adjacent to an activating group) is 1. The maximum absolute atomic E-state index is 11.3. The third-order valence-corrected chi connectivity index (χ3v) is 4.27. The molecule has 2 atom stereocenters. The van der Waals surface area contributed by atoms with Crippen LogP contribution in [-0.2, 0) is 14.3 Å². The number of hydrogen-bond donors (Lipinski definition) is 1. The van der Waals surface area contributed by atoms with Crippen LogP contribution in [0.5, 0.6) is 0 Å². The third-order valence-electron chi connectivity index (χ3n) is 3.14. The van der Waals surface area contributed by atoms with E-state index < -0.39 is 6.04 Å². The van der Waals surface area contributed by atoms with Crippen LogP contribution in [0.15, 0.2) is 0 Å². The second kappa shape index (κ2) is 9.58. The molecule has 0 spiro atoms. The van der Waals surface area contributed by atoms with Gasteiger partial charge in [-0.25, -0.2) is 0 Å². The fourth-order valence-corrected chi connectivity index (χ4v) is 3.01. The van der Waals surface area contributed by atoms with E-state index in [9.17, 15) is 4.79 Å². The Hall–Kier alpha value is -0.300. The number of carbonyl (C=O) groups excluding carboxylic acids is 1. The Bertz CT molecular complexity index is 266. The first-order valence-corrected chi connectivity index (χ1v) is 8.16. The van der Waals surface area contributed by atoms with Gasteiger partial charge >= 0.3 is 5.97 Å². The van der Waals surface area contributed by atoms with E-state index >= 15 is 0 Å². The summed E-state index contributed by atoms with van der Waals surface area (Å²) in [7, 11) is 0. The van der Waals surface area contributed by atoms with Gasteiger partial charge < -0.3 is 15.2 Å². The molecule has 0 amide bonds. The van der Waals surface area contributed by atoms with Gasteiger partial charge in [0.1, 0.15) is 6.04 Å². The van der Waals surface area contributed by atoms with Crippen molar-refractivity contribution in [3.63, 3.8) is 0 Å². The number of ether oxygens (including phenoxy) is 2. The molecule has 1 aliphatic rings. The van der Waals surface area contributed by atoms with Gasteiger partial charge in [0, 0.05) is 18.8 Å². The van der Waals surface area contributed by atoms with Gasteiger partial charge in [0.05, 0.1) is 19.3 Å². The van der Waals surface area contributed by atoms with Crippen LogP contribution in [0.25, 0.3) is 0 Å². The molecular weight excluding hydrogens is 264 g/mol. The van der Waals surface area contributed by atoms with Crippen molar-refractivity contribution >= 4 is 17.7 Å². The standard InChI is InChI=1S/C13H26N2O3S/c1-3-15-6-7-18-11(9-15)10-19-8-5-12(14)13(16)17-4-2/h11-12H,3-10,14H2,1-2H3. The van der Waals surface area contributed by atoms with Gasteiger partial charge in [-0.2, -0.15) is 11.8 Å². The van der Waals surface area contributed by atoms with Crippen molar-refractivity contribution in [2.45, 2.75) is 32.4 Å². The number of rotatable bonds is 8. The molecule has 5 nitrogen and oxygen atoms in total. The number of hydrogen-bond acceptors (Lipinski definition) is 6. The van der Waals surface area contributed by atoms with E-state index in [2.05, 4.69) is 11.8 Å². The molecule has 1 aliphatic heterocycles. The van der Waals surface area contributed by atoms with Crippen molar-refractivity contribution in [2.24, 2.45) is 5.73 Å². The van der Waals surface area contributed by atoms with Crippen LogP contribution in [0.4, 0.5) is 0 Å². The average Bonchev–Trinajstić information content (AvgIpc) is 2.43. The highest BCUT2D eigenvalue weighted by atomic mass is 32.2. The number of thioether (sulfide) groups is 1. The molecule has 2 unspecified atom stereocenters. The molecule has 1 heterocycles. The lowest BCUT2D eigenvalue weighted by molar-refractivity contribution is -0.144. The molecule has 112 valence electrons. The zero-order chi connectivity index (χ0) is 14.1. The molecule has 1 rings (SSSR count). The van der Waals surface area contributed by atoms with Gasteiger partial charge in [-0.1, -0.05) is 6.92 Å². The van der Waals surface area contributed by atoms with Crippen LogP contribution in [-0.4, -0.2) is 67.4 Å². The molecule has 1 fully saturated rings. The summed E-state index contributed by atoms with van der Waals surface area (Å²) in [4.78, 5) is 13.7. The Kier molecular flexibility index (Phi) is 8.45. The fourth-order valence-electron chi connectivity index (χ4n) is 1.96. The van der Waals surface area contributed by atoms with Gasteiger partial charge in [-0.3, -0.25) is 9.69 Å². The summed E-state index contributed by atoms with van der Waals surface area (Å²) in [5.41, 5.74) is 5.74. The second-order valence-corrected chi connectivity index (χ2v) is 5.76. The Morgan fingerprint density at radius 3 is 3.05 bits per heavy atom. The quantitative estimate of drug-likeness (QED) is 0.525. The molecule has 0 aromatic carbocycles. The molecule has 0 aromatic rings. The summed E-state index contributed by atoms with van der Waals surface area (Å²) in [6.07, 6.45) is 0.964. The number of carbonyl (C=O) groups is 1. The number of morpholine rings is 1. The Morgan fingerprint density at radius 2 is 2.37 bits per heavy atom.